The number of rotatable bonds is 14. The first-order valence-corrected chi connectivity index (χ1v) is 40.5. The molecule has 23 aromatic rings. The number of para-hydroxylation sites is 6. The first-order chi connectivity index (χ1) is 58.5. The summed E-state index contributed by atoms with van der Waals surface area (Å²) < 4.78 is 4.92. The Kier molecular flexibility index (Phi) is 16.2. The monoisotopic (exact) mass is 1500 g/mol. The lowest BCUT2D eigenvalue weighted by Crippen LogP contribution is -2.13. The van der Waals surface area contributed by atoms with Gasteiger partial charge in [0, 0.05) is 66.6 Å². The molecule has 0 atom stereocenters. The molecule has 118 heavy (non-hydrogen) atoms. The largest absolute Gasteiger partial charge is 0.310 e. The van der Waals surface area contributed by atoms with Gasteiger partial charge in [-0.25, -0.2) is 0 Å². The highest BCUT2D eigenvalue weighted by atomic mass is 15.2. The zero-order valence-corrected chi connectivity index (χ0v) is 64.4. The van der Waals surface area contributed by atoms with Crippen molar-refractivity contribution in [2.45, 2.75) is 0 Å². The van der Waals surface area contributed by atoms with Crippen LogP contribution in [-0.2, 0) is 0 Å². The van der Waals surface area contributed by atoms with Gasteiger partial charge in [-0.1, -0.05) is 315 Å². The van der Waals surface area contributed by atoms with Crippen molar-refractivity contribution in [1.29, 1.82) is 0 Å². The van der Waals surface area contributed by atoms with E-state index in [2.05, 4.69) is 462 Å². The zero-order valence-electron chi connectivity index (χ0n) is 64.4. The summed E-state index contributed by atoms with van der Waals surface area (Å²) in [5.41, 5.74) is 27.1. The Bertz CT molecular complexity index is 7880. The highest BCUT2D eigenvalue weighted by molar-refractivity contribution is 6.18. The summed E-state index contributed by atoms with van der Waals surface area (Å²) in [5, 5.41) is 19.2. The second-order valence-corrected chi connectivity index (χ2v) is 30.9. The summed E-state index contributed by atoms with van der Waals surface area (Å²) >= 11 is 0. The Labute approximate surface area is 683 Å². The Morgan fingerprint density at radius 1 is 0.203 bits per heavy atom. The third-order valence-corrected chi connectivity index (χ3v) is 24.3. The third kappa shape index (κ3) is 11.4. The van der Waals surface area contributed by atoms with Crippen molar-refractivity contribution in [1.82, 2.24) is 9.13 Å². The lowest BCUT2D eigenvalue weighted by Gasteiger charge is -2.29. The molecule has 23 rings (SSSR count). The van der Waals surface area contributed by atoms with E-state index in [0.717, 1.165) is 117 Å². The number of aromatic nitrogens is 2. The number of hydrogen-bond acceptors (Lipinski definition) is 2. The maximum absolute atomic E-state index is 3.32. The SMILES string of the molecule is c1ccc2c(c#1)ccc1c(-c3ccc(N(c4cccc(-c5cccc6ccccc56)c4)c4cccc(-c5cccc6c7cc(-c8ccc9ccc%10c(-c%11ccc(N(c%12cccc(-c%13cccc%14ccccc%13%14)c%12)c%12ccccc%12-n%12c%13ccccc%13c%13ccccc%13%12)cc%11)cccc%10c9c8)ccc7n(-c7ccccc7)c56)c4)cc3)cccc12. The molecule has 4 heteroatoms. The van der Waals surface area contributed by atoms with E-state index in [1.54, 1.807) is 0 Å². The van der Waals surface area contributed by atoms with Crippen LogP contribution in [0.4, 0.5) is 34.1 Å². The predicted octanol–water partition coefficient (Wildman–Crippen LogP) is 31.3. The van der Waals surface area contributed by atoms with Crippen molar-refractivity contribution in [3.8, 4) is 78.1 Å². The topological polar surface area (TPSA) is 16.3 Å². The molecule has 0 radical (unpaired) electrons. The molecule has 0 fully saturated rings. The second kappa shape index (κ2) is 28.1. The molecule has 0 aliphatic carbocycles. The van der Waals surface area contributed by atoms with Crippen LogP contribution in [0.15, 0.2) is 437 Å². The van der Waals surface area contributed by atoms with E-state index in [1.807, 2.05) is 6.07 Å². The van der Waals surface area contributed by atoms with Gasteiger partial charge in [-0.3, -0.25) is 0 Å². The van der Waals surface area contributed by atoms with Crippen molar-refractivity contribution in [2.24, 2.45) is 0 Å². The van der Waals surface area contributed by atoms with Crippen molar-refractivity contribution < 1.29 is 0 Å². The Morgan fingerprint density at radius 2 is 0.627 bits per heavy atom. The van der Waals surface area contributed by atoms with Crippen LogP contribution < -0.4 is 9.80 Å². The van der Waals surface area contributed by atoms with Gasteiger partial charge in [0.05, 0.1) is 33.4 Å². The highest BCUT2D eigenvalue weighted by Gasteiger charge is 2.25. The second-order valence-electron chi connectivity index (χ2n) is 30.9. The number of nitrogens with zero attached hydrogens (tertiary/aromatic N) is 4. The number of anilines is 6. The molecule has 21 aromatic carbocycles. The quantitative estimate of drug-likeness (QED) is 0.101. The molecule has 0 aliphatic heterocycles. The van der Waals surface area contributed by atoms with E-state index in [1.165, 1.54) is 103 Å². The van der Waals surface area contributed by atoms with Crippen LogP contribution in [0.2, 0.25) is 0 Å². The van der Waals surface area contributed by atoms with Crippen LogP contribution in [0.25, 0.3) is 186 Å². The molecule has 2 aromatic heterocycles. The lowest BCUT2D eigenvalue weighted by molar-refractivity contribution is 1.15. The van der Waals surface area contributed by atoms with E-state index in [-0.39, 0.29) is 0 Å². The minimum Gasteiger partial charge on any atom is -0.310 e. The predicted molar refractivity (Wildman–Crippen MR) is 500 cm³/mol. The van der Waals surface area contributed by atoms with Crippen molar-refractivity contribution in [3.63, 3.8) is 0 Å². The maximum Gasteiger partial charge on any atom is 0.0702 e. The zero-order chi connectivity index (χ0) is 77.7. The molecule has 0 amide bonds. The van der Waals surface area contributed by atoms with Gasteiger partial charge >= 0.3 is 0 Å². The summed E-state index contributed by atoms with van der Waals surface area (Å²) in [6, 6.07) is 168. The summed E-state index contributed by atoms with van der Waals surface area (Å²) in [6.07, 6.45) is 0. The van der Waals surface area contributed by atoms with Crippen molar-refractivity contribution in [2.75, 3.05) is 9.80 Å². The first-order valence-electron chi connectivity index (χ1n) is 40.5. The lowest BCUT2D eigenvalue weighted by atomic mass is 9.92. The van der Waals surface area contributed by atoms with Crippen LogP contribution in [-0.4, -0.2) is 9.13 Å². The molecule has 0 saturated carbocycles. The van der Waals surface area contributed by atoms with E-state index < -0.39 is 0 Å². The van der Waals surface area contributed by atoms with Gasteiger partial charge in [-0.05, 0) is 254 Å². The summed E-state index contributed by atoms with van der Waals surface area (Å²) in [6.45, 7) is 0. The molecule has 0 saturated heterocycles. The van der Waals surface area contributed by atoms with Crippen LogP contribution in [0, 0.1) is 12.1 Å². The average Bonchev–Trinajstić information content (AvgIpc) is 1.56. The van der Waals surface area contributed by atoms with Gasteiger partial charge in [-0.2, -0.15) is 0 Å². The Morgan fingerprint density at radius 3 is 1.25 bits per heavy atom. The molecular formula is C114H72N4. The first kappa shape index (κ1) is 67.9. The summed E-state index contributed by atoms with van der Waals surface area (Å²) in [5.74, 6) is 0. The molecule has 4 nitrogen and oxygen atoms in total. The van der Waals surface area contributed by atoms with E-state index in [9.17, 15) is 0 Å². The summed E-state index contributed by atoms with van der Waals surface area (Å²) in [4.78, 5) is 4.87. The Hall–Kier alpha value is -15.8. The molecule has 0 aliphatic rings. The molecule has 0 unspecified atom stereocenters. The van der Waals surface area contributed by atoms with Crippen LogP contribution in [0.5, 0.6) is 0 Å². The molecule has 0 N–H and O–H groups in total. The number of hydrogen-bond donors (Lipinski definition) is 0. The molecule has 0 spiro atoms. The summed E-state index contributed by atoms with van der Waals surface area (Å²) in [7, 11) is 0. The fourth-order valence-electron chi connectivity index (χ4n) is 18.9. The van der Waals surface area contributed by atoms with Crippen LogP contribution in [0.3, 0.4) is 0 Å². The van der Waals surface area contributed by atoms with Gasteiger partial charge in [0.15, 0.2) is 0 Å². The molecule has 548 valence electrons. The van der Waals surface area contributed by atoms with Gasteiger partial charge < -0.3 is 18.9 Å². The van der Waals surface area contributed by atoms with Crippen molar-refractivity contribution in [3.05, 3.63) is 449 Å². The van der Waals surface area contributed by atoms with E-state index in [0.29, 0.717) is 0 Å². The Balaban J connectivity index is 0.620. The molecular weight excluding hydrogens is 1430 g/mol. The van der Waals surface area contributed by atoms with E-state index >= 15 is 0 Å². The maximum atomic E-state index is 3.32. The third-order valence-electron chi connectivity index (χ3n) is 24.3. The van der Waals surface area contributed by atoms with Crippen LogP contribution >= 0.6 is 0 Å². The van der Waals surface area contributed by atoms with Gasteiger partial charge in [0.2, 0.25) is 0 Å². The number of fused-ring (bicyclic) bond motifs is 14. The number of benzene rings is 20. The van der Waals surface area contributed by atoms with Gasteiger partial charge in [0.1, 0.15) is 0 Å². The molecule has 2 heterocycles. The fraction of sp³-hybridized carbons (Fsp3) is 0. The normalized spacial score (nSPS) is 11.7. The van der Waals surface area contributed by atoms with E-state index in [4.69, 9.17) is 0 Å². The van der Waals surface area contributed by atoms with Gasteiger partial charge in [0.25, 0.3) is 0 Å². The molecule has 0 bridgehead atoms. The van der Waals surface area contributed by atoms with Crippen LogP contribution in [0.1, 0.15) is 0 Å². The fourth-order valence-corrected chi connectivity index (χ4v) is 18.9. The van der Waals surface area contributed by atoms with Gasteiger partial charge in [-0.15, -0.1) is 0 Å². The smallest absolute Gasteiger partial charge is 0.0702 e. The highest BCUT2D eigenvalue weighted by Crippen LogP contribution is 2.48. The standard InChI is InChI=1S/C114H72N4/c1-2-32-86(33-3-1)117-111-69-62-82(74-108(111)106-49-23-46-99(114(106)117)85-31-18-35-90(72-85)115(89-34-16-29-83(70-89)97-42-19-27-75-24-4-7-37-92(75)97)87-63-56-78(57-64-87)95-44-21-47-100-94-39-9-6-26-77(94)60-67-102(95)100)81-55-54-80-61-68-103-96(45-22-48-101(103)107(80)73-81)79-58-65-88(66-59-79)116(91-36-17-30-84(71-91)98-43-20-28-76-25-5-8-38-93(76)98)112-52-14-15-53-113(112)118-109-50-12-10-40-104(109)105-41-11-13-51-110(105)118/h1-5,7-25,27-74H. The minimum absolute atomic E-state index is 1.05. The van der Waals surface area contributed by atoms with Crippen molar-refractivity contribution >= 4 is 142 Å². The average molecular weight is 1500 g/mol. The minimum atomic E-state index is 1.05.